The molecule has 4 aliphatic carbocycles. The van der Waals surface area contributed by atoms with E-state index >= 15 is 0 Å². The van der Waals surface area contributed by atoms with Gasteiger partial charge in [-0.3, -0.25) is 0 Å². The van der Waals surface area contributed by atoms with Crippen molar-refractivity contribution in [3.63, 3.8) is 0 Å². The Morgan fingerprint density at radius 3 is 1.30 bits per heavy atom. The SMILES string of the molecule is O=S(=O)(N(CCCN([C@H]1C[C@H]2CCCC[C@@H]2[C@H]1C=CI)S(=O)(=O)C(F)(F)F)[C@H]1C[C@H]2CCCC[C@@H]2[C@H]1C=CI)C(F)(F)F. The van der Waals surface area contributed by atoms with Crippen LogP contribution < -0.4 is 0 Å². The first kappa shape index (κ1) is 36.2. The molecule has 0 aromatic heterocycles. The molecule has 6 nitrogen and oxygen atoms in total. The van der Waals surface area contributed by atoms with Gasteiger partial charge < -0.3 is 0 Å². The van der Waals surface area contributed by atoms with Crippen LogP contribution in [0.2, 0.25) is 0 Å². The minimum Gasteiger partial charge on any atom is -0.203 e. The summed E-state index contributed by atoms with van der Waals surface area (Å²) in [5, 5.41) is 0. The van der Waals surface area contributed by atoms with Gasteiger partial charge in [0.1, 0.15) is 0 Å². The number of hydrogen-bond donors (Lipinski definition) is 0. The van der Waals surface area contributed by atoms with Crippen molar-refractivity contribution in [2.24, 2.45) is 35.5 Å². The minimum atomic E-state index is -5.84. The van der Waals surface area contributed by atoms with E-state index in [2.05, 4.69) is 0 Å². The number of alkyl halides is 6. The fraction of sp³-hybridized carbons (Fsp3) is 0.852. The fourth-order valence-electron chi connectivity index (χ4n) is 8.48. The van der Waals surface area contributed by atoms with Gasteiger partial charge in [0.05, 0.1) is 0 Å². The van der Waals surface area contributed by atoms with E-state index in [9.17, 15) is 43.2 Å². The predicted molar refractivity (Wildman–Crippen MR) is 169 cm³/mol. The lowest BCUT2D eigenvalue weighted by Gasteiger charge is -2.35. The van der Waals surface area contributed by atoms with E-state index in [1.165, 1.54) is 0 Å². The Labute approximate surface area is 277 Å². The number of rotatable bonds is 10. The molecule has 0 unspecified atom stereocenters. The van der Waals surface area contributed by atoms with Gasteiger partial charge in [-0.25, -0.2) is 16.8 Å². The minimum absolute atomic E-state index is 0.0143. The lowest BCUT2D eigenvalue weighted by atomic mass is 9.78. The summed E-state index contributed by atoms with van der Waals surface area (Å²) < 4.78 is 140. The fourth-order valence-corrected chi connectivity index (χ4v) is 11.9. The van der Waals surface area contributed by atoms with Crippen LogP contribution >= 0.6 is 45.2 Å². The van der Waals surface area contributed by atoms with Gasteiger partial charge in [0.2, 0.25) is 0 Å². The van der Waals surface area contributed by atoms with Crippen molar-refractivity contribution >= 4 is 65.2 Å². The van der Waals surface area contributed by atoms with Crippen LogP contribution in [0.25, 0.3) is 0 Å². The second-order valence-corrected chi connectivity index (χ2v) is 17.5. The third-order valence-electron chi connectivity index (χ3n) is 10.2. The molecule has 0 saturated heterocycles. The van der Waals surface area contributed by atoms with Gasteiger partial charge in [0.15, 0.2) is 0 Å². The highest BCUT2D eigenvalue weighted by molar-refractivity contribution is 14.1. The smallest absolute Gasteiger partial charge is 0.203 e. The van der Waals surface area contributed by atoms with Gasteiger partial charge in [-0.15, -0.1) is 0 Å². The van der Waals surface area contributed by atoms with E-state index in [-0.39, 0.29) is 36.5 Å². The van der Waals surface area contributed by atoms with Crippen molar-refractivity contribution in [3.05, 3.63) is 20.3 Å². The standard InChI is InChI=1S/C27H38F6I2N2O4S2/c28-26(29,30)42(38,39)36(24-16-18-6-1-3-8-20(18)22(24)10-12-34)14-5-15-37(43(40,41)27(31,32)33)25-17-19-7-2-4-9-21(19)23(25)11-13-35/h10-13,18-25H,1-9,14-17H2/t18-,19-,20+,21+,22-,23-,24+,25+/m1/s1. The summed E-state index contributed by atoms with van der Waals surface area (Å²) in [6.45, 7) is -1.46. The van der Waals surface area contributed by atoms with Crippen LogP contribution in [0.4, 0.5) is 26.3 Å². The van der Waals surface area contributed by atoms with E-state index in [0.29, 0.717) is 8.61 Å². The summed E-state index contributed by atoms with van der Waals surface area (Å²) >= 11 is 3.90. The van der Waals surface area contributed by atoms with E-state index < -0.39 is 74.5 Å². The van der Waals surface area contributed by atoms with Crippen LogP contribution in [0.1, 0.15) is 70.6 Å². The Bertz CT molecular complexity index is 1150. The van der Waals surface area contributed by atoms with Crippen LogP contribution in [-0.2, 0) is 20.0 Å². The molecule has 0 N–H and O–H groups in total. The third kappa shape index (κ3) is 7.42. The van der Waals surface area contributed by atoms with Gasteiger partial charge in [-0.2, -0.15) is 35.0 Å². The molecule has 4 aliphatic rings. The first-order chi connectivity index (χ1) is 20.1. The molecule has 248 valence electrons. The van der Waals surface area contributed by atoms with Gasteiger partial charge in [0.25, 0.3) is 0 Å². The second kappa shape index (κ2) is 14.2. The zero-order chi connectivity index (χ0) is 31.8. The van der Waals surface area contributed by atoms with Gasteiger partial charge in [0, 0.05) is 25.2 Å². The highest BCUT2D eigenvalue weighted by Gasteiger charge is 2.58. The normalized spacial score (nSPS) is 34.5. The average molecular weight is 887 g/mol. The lowest BCUT2D eigenvalue weighted by Crippen LogP contribution is -2.51. The maximum absolute atomic E-state index is 14.0. The quantitative estimate of drug-likeness (QED) is 0.165. The maximum Gasteiger partial charge on any atom is 0.511 e. The van der Waals surface area contributed by atoms with Crippen LogP contribution in [-0.4, -0.2) is 61.6 Å². The molecule has 0 aromatic carbocycles. The Balaban J connectivity index is 1.65. The Kier molecular flexibility index (Phi) is 12.0. The number of fused-ring (bicyclic) bond motifs is 2. The molecule has 4 fully saturated rings. The molecular weight excluding hydrogens is 848 g/mol. The second-order valence-electron chi connectivity index (χ2n) is 12.3. The Morgan fingerprint density at radius 1 is 0.628 bits per heavy atom. The highest BCUT2D eigenvalue weighted by Crippen LogP contribution is 2.51. The molecule has 0 aromatic rings. The van der Waals surface area contributed by atoms with Crippen LogP contribution in [0.15, 0.2) is 20.3 Å². The van der Waals surface area contributed by atoms with Crippen molar-refractivity contribution in [1.29, 1.82) is 0 Å². The van der Waals surface area contributed by atoms with Crippen LogP contribution in [0.3, 0.4) is 0 Å². The molecule has 43 heavy (non-hydrogen) atoms. The first-order valence-corrected chi connectivity index (χ1v) is 20.1. The van der Waals surface area contributed by atoms with Crippen molar-refractivity contribution < 1.29 is 43.2 Å². The monoisotopic (exact) mass is 886 g/mol. The molecule has 0 heterocycles. The molecular formula is C27H38F6I2N2O4S2. The molecule has 0 amide bonds. The summed E-state index contributed by atoms with van der Waals surface area (Å²) in [5.41, 5.74) is -11.2. The predicted octanol–water partition coefficient (Wildman–Crippen LogP) is 7.97. The lowest BCUT2D eigenvalue weighted by molar-refractivity contribution is -0.0510. The van der Waals surface area contributed by atoms with Crippen molar-refractivity contribution in [2.75, 3.05) is 13.1 Å². The summed E-state index contributed by atoms with van der Waals surface area (Å²) in [7, 11) is -11.7. The van der Waals surface area contributed by atoms with E-state index in [1.807, 2.05) is 45.2 Å². The van der Waals surface area contributed by atoms with Gasteiger partial charge in [-0.05, 0) is 75.8 Å². The topological polar surface area (TPSA) is 74.8 Å². The molecule has 8 atom stereocenters. The largest absolute Gasteiger partial charge is 0.511 e. The van der Waals surface area contributed by atoms with Crippen molar-refractivity contribution in [2.45, 2.75) is 93.7 Å². The summed E-state index contributed by atoms with van der Waals surface area (Å²) in [6, 6.07) is -2.02. The van der Waals surface area contributed by atoms with Crippen molar-refractivity contribution in [3.8, 4) is 0 Å². The van der Waals surface area contributed by atoms with Gasteiger partial charge >= 0.3 is 31.1 Å². The average Bonchev–Trinajstić information content (AvgIpc) is 3.46. The molecule has 0 aliphatic heterocycles. The van der Waals surface area contributed by atoms with Crippen LogP contribution in [0.5, 0.6) is 0 Å². The zero-order valence-corrected chi connectivity index (χ0v) is 29.4. The number of hydrogen-bond acceptors (Lipinski definition) is 4. The number of sulfonamides is 2. The summed E-state index contributed by atoms with van der Waals surface area (Å²) in [5.74, 6) is -0.809. The summed E-state index contributed by atoms with van der Waals surface area (Å²) in [6.07, 6.45) is 10.1. The summed E-state index contributed by atoms with van der Waals surface area (Å²) in [4.78, 5) is 0. The van der Waals surface area contributed by atoms with Crippen molar-refractivity contribution in [1.82, 2.24) is 8.61 Å². The van der Waals surface area contributed by atoms with E-state index in [0.717, 1.165) is 51.4 Å². The third-order valence-corrected chi connectivity index (χ3v) is 14.3. The Morgan fingerprint density at radius 2 is 0.977 bits per heavy atom. The molecule has 4 saturated carbocycles. The number of nitrogens with zero attached hydrogens (tertiary/aromatic N) is 2. The molecule has 16 heteroatoms. The van der Waals surface area contributed by atoms with E-state index in [4.69, 9.17) is 0 Å². The molecule has 0 bridgehead atoms. The van der Waals surface area contributed by atoms with Crippen LogP contribution in [0, 0.1) is 35.5 Å². The zero-order valence-electron chi connectivity index (χ0n) is 23.5. The van der Waals surface area contributed by atoms with Gasteiger partial charge in [-0.1, -0.05) is 95.9 Å². The molecule has 0 spiro atoms. The maximum atomic E-state index is 14.0. The Hall–Kier alpha value is 0.340. The first-order valence-electron chi connectivity index (χ1n) is 14.8. The number of halogens is 8. The molecule has 4 rings (SSSR count). The molecule has 0 radical (unpaired) electrons. The van der Waals surface area contributed by atoms with E-state index in [1.54, 1.807) is 20.3 Å². The highest BCUT2D eigenvalue weighted by atomic mass is 127.